The van der Waals surface area contributed by atoms with Gasteiger partial charge in [-0.15, -0.1) is 13.2 Å². The number of ether oxygens (including phenoxy) is 2. The number of benzene rings is 3. The molecule has 4 rings (SSSR count). The number of fused-ring (bicyclic) bond motifs is 3. The van der Waals surface area contributed by atoms with E-state index < -0.39 is 36.1 Å². The average molecular weight is 728 g/mol. The zero-order valence-electron chi connectivity index (χ0n) is 29.6. The lowest BCUT2D eigenvalue weighted by Crippen LogP contribution is -2.47. The van der Waals surface area contributed by atoms with Crippen molar-refractivity contribution in [2.45, 2.75) is 62.4 Å². The van der Waals surface area contributed by atoms with E-state index in [2.05, 4.69) is 41.2 Å². The minimum Gasteiger partial charge on any atom is -0.462 e. The van der Waals surface area contributed by atoms with E-state index in [4.69, 9.17) is 9.47 Å². The minimum atomic E-state index is -1.01. The molecule has 0 fully saturated rings. The van der Waals surface area contributed by atoms with Crippen molar-refractivity contribution < 1.29 is 33.8 Å². The smallest absolute Gasteiger partial charge is 0.407 e. The van der Waals surface area contributed by atoms with E-state index in [0.717, 1.165) is 27.8 Å². The number of hydrogen-bond donors (Lipinski definition) is 4. The van der Waals surface area contributed by atoms with Crippen LogP contribution < -0.4 is 16.0 Å². The van der Waals surface area contributed by atoms with E-state index >= 15 is 0 Å². The van der Waals surface area contributed by atoms with Crippen LogP contribution in [-0.2, 0) is 29.6 Å². The van der Waals surface area contributed by atoms with Crippen molar-refractivity contribution in [2.75, 3.05) is 25.6 Å². The average Bonchev–Trinajstić information content (AvgIpc) is 3.47. The first-order chi connectivity index (χ1) is 25.2. The van der Waals surface area contributed by atoms with E-state index in [1.807, 2.05) is 66.7 Å². The Morgan fingerprint density at radius 1 is 0.865 bits per heavy atom. The Morgan fingerprint density at radius 3 is 2.15 bits per heavy atom. The van der Waals surface area contributed by atoms with Crippen LogP contribution in [0, 0.1) is 5.92 Å². The quantitative estimate of drug-likeness (QED) is 0.0785. The highest BCUT2D eigenvalue weighted by molar-refractivity contribution is 7.98. The number of thioether (sulfide) groups is 1. The number of nitrogens with one attached hydrogen (secondary N) is 3. The van der Waals surface area contributed by atoms with E-state index in [1.165, 1.54) is 0 Å². The van der Waals surface area contributed by atoms with E-state index in [0.29, 0.717) is 17.9 Å². The van der Waals surface area contributed by atoms with Crippen molar-refractivity contribution in [3.8, 4) is 11.1 Å². The van der Waals surface area contributed by atoms with E-state index in [9.17, 15) is 24.3 Å². The van der Waals surface area contributed by atoms with Gasteiger partial charge in [0.15, 0.2) is 0 Å². The fourth-order valence-corrected chi connectivity index (χ4v) is 7.04. The normalized spacial score (nSPS) is 14.0. The molecule has 3 amide bonds. The minimum absolute atomic E-state index is 0.0959. The van der Waals surface area contributed by atoms with Crippen LogP contribution in [-0.4, -0.2) is 72.7 Å². The summed E-state index contributed by atoms with van der Waals surface area (Å²) in [6.07, 6.45) is 3.33. The molecule has 4 atom stereocenters. The summed E-state index contributed by atoms with van der Waals surface area (Å²) in [5.41, 5.74) is 5.48. The third-order valence-corrected chi connectivity index (χ3v) is 9.89. The van der Waals surface area contributed by atoms with Crippen molar-refractivity contribution in [3.05, 3.63) is 121 Å². The van der Waals surface area contributed by atoms with Crippen LogP contribution in [0.3, 0.4) is 0 Å². The molecule has 0 saturated heterocycles. The summed E-state index contributed by atoms with van der Waals surface area (Å²) in [5, 5.41) is 17.6. The Kier molecular flexibility index (Phi) is 16.0. The number of aliphatic hydroxyl groups is 1. The molecular weight excluding hydrogens is 679 g/mol. The highest BCUT2D eigenvalue weighted by atomic mass is 32.2. The van der Waals surface area contributed by atoms with Gasteiger partial charge in [-0.2, -0.15) is 11.8 Å². The van der Waals surface area contributed by atoms with Crippen LogP contribution in [0.1, 0.15) is 55.2 Å². The van der Waals surface area contributed by atoms with Crippen molar-refractivity contribution in [1.29, 1.82) is 0 Å². The number of alkyl carbamates (subject to hydrolysis) is 1. The topological polar surface area (TPSA) is 143 Å². The Morgan fingerprint density at radius 2 is 1.52 bits per heavy atom. The summed E-state index contributed by atoms with van der Waals surface area (Å²) in [7, 11) is 0. The number of carbonyl (C=O) groups is 4. The van der Waals surface area contributed by atoms with Gasteiger partial charge >= 0.3 is 12.1 Å². The maximum atomic E-state index is 13.4. The molecule has 4 N–H and O–H groups in total. The molecule has 1 aliphatic rings. The summed E-state index contributed by atoms with van der Waals surface area (Å²) >= 11 is 1.56. The number of hydrogen-bond acceptors (Lipinski definition) is 8. The monoisotopic (exact) mass is 727 g/mol. The standard InChI is InChI=1S/C41H49N3O7S/c1-4-6-21-37(44-41(49)51-25-36-34-19-12-10-17-32(34)33-18-11-13-20-35(33)36)40(48)50-24-31(27-52-26-29-15-8-7-9-16-29)43-39(47)30(14-5-2)22-38(46)42-28(3)23-45/h4-5,7-13,15-20,28,30-31,36-37,45H,1-2,6,14,21-27H2,3H3,(H,42,46)(H,43,47)(H,44,49). The van der Waals surface area contributed by atoms with Gasteiger partial charge in [-0.3, -0.25) is 9.59 Å². The van der Waals surface area contributed by atoms with Crippen LogP contribution in [0.2, 0.25) is 0 Å². The predicted octanol–water partition coefficient (Wildman–Crippen LogP) is 5.90. The van der Waals surface area contributed by atoms with Gasteiger partial charge < -0.3 is 30.5 Å². The fraction of sp³-hybridized carbons (Fsp3) is 0.366. The number of aliphatic hydroxyl groups excluding tert-OH is 1. The van der Waals surface area contributed by atoms with Crippen LogP contribution in [0.25, 0.3) is 11.1 Å². The predicted molar refractivity (Wildman–Crippen MR) is 205 cm³/mol. The molecule has 0 spiro atoms. The molecule has 0 saturated carbocycles. The van der Waals surface area contributed by atoms with E-state index in [1.54, 1.807) is 30.8 Å². The fourth-order valence-electron chi connectivity index (χ4n) is 6.03. The number of allylic oxidation sites excluding steroid dienone is 2. The van der Waals surface area contributed by atoms with Gasteiger partial charge in [0.1, 0.15) is 19.3 Å². The maximum absolute atomic E-state index is 13.4. The molecule has 0 aromatic heterocycles. The largest absolute Gasteiger partial charge is 0.462 e. The molecule has 3 aromatic rings. The molecule has 276 valence electrons. The molecule has 52 heavy (non-hydrogen) atoms. The molecule has 4 unspecified atom stereocenters. The highest BCUT2D eigenvalue weighted by Crippen LogP contribution is 2.44. The van der Waals surface area contributed by atoms with Crippen LogP contribution in [0.5, 0.6) is 0 Å². The zero-order valence-corrected chi connectivity index (χ0v) is 30.4. The Hall–Kier alpha value is -4.87. The maximum Gasteiger partial charge on any atom is 0.407 e. The lowest BCUT2D eigenvalue weighted by molar-refractivity contribution is -0.147. The molecule has 3 aromatic carbocycles. The molecule has 0 bridgehead atoms. The van der Waals surface area contributed by atoms with Gasteiger partial charge in [0.2, 0.25) is 11.8 Å². The molecule has 11 heteroatoms. The van der Waals surface area contributed by atoms with Crippen molar-refractivity contribution in [1.82, 2.24) is 16.0 Å². The molecular formula is C41H49N3O7S. The van der Waals surface area contributed by atoms with Crippen molar-refractivity contribution in [2.24, 2.45) is 5.92 Å². The van der Waals surface area contributed by atoms with Gasteiger partial charge in [-0.05, 0) is 54.0 Å². The van der Waals surface area contributed by atoms with Crippen molar-refractivity contribution in [3.63, 3.8) is 0 Å². The van der Waals surface area contributed by atoms with Gasteiger partial charge in [0.25, 0.3) is 0 Å². The number of rotatable bonds is 21. The first kappa shape index (κ1) is 39.9. The first-order valence-electron chi connectivity index (χ1n) is 17.6. The second kappa shape index (κ2) is 20.8. The second-order valence-corrected chi connectivity index (χ2v) is 13.8. The SMILES string of the molecule is C=CCCC(NC(=O)OCC1c2ccccc2-c2ccccc21)C(=O)OCC(CSCc1ccccc1)NC(=O)C(CC=C)CC(=O)NC(C)CO. The lowest BCUT2D eigenvalue weighted by Gasteiger charge is -2.24. The summed E-state index contributed by atoms with van der Waals surface area (Å²) in [5.74, 6) is -1.17. The third kappa shape index (κ3) is 11.8. The van der Waals surface area contributed by atoms with Gasteiger partial charge in [-0.25, -0.2) is 9.59 Å². The summed E-state index contributed by atoms with van der Waals surface area (Å²) in [6, 6.07) is 23.9. The zero-order chi connectivity index (χ0) is 37.3. The van der Waals surface area contributed by atoms with Crippen LogP contribution in [0.15, 0.2) is 104 Å². The molecule has 10 nitrogen and oxygen atoms in total. The highest BCUT2D eigenvalue weighted by Gasteiger charge is 2.31. The number of carbonyl (C=O) groups excluding carboxylic acids is 4. The van der Waals surface area contributed by atoms with Gasteiger partial charge in [-0.1, -0.05) is 91.0 Å². The molecule has 1 aliphatic carbocycles. The number of esters is 1. The lowest BCUT2D eigenvalue weighted by atomic mass is 9.98. The van der Waals surface area contributed by atoms with Gasteiger partial charge in [0, 0.05) is 29.9 Å². The van der Waals surface area contributed by atoms with Crippen molar-refractivity contribution >= 4 is 35.6 Å². The molecule has 0 radical (unpaired) electrons. The van der Waals surface area contributed by atoms with Gasteiger partial charge in [0.05, 0.1) is 18.6 Å². The molecule has 0 aliphatic heterocycles. The van der Waals surface area contributed by atoms with Crippen LogP contribution >= 0.6 is 11.8 Å². The summed E-state index contributed by atoms with van der Waals surface area (Å²) in [4.78, 5) is 52.5. The van der Waals surface area contributed by atoms with E-state index in [-0.39, 0.29) is 56.8 Å². The third-order valence-electron chi connectivity index (χ3n) is 8.72. The Bertz CT molecular complexity index is 1620. The molecule has 0 heterocycles. The van der Waals surface area contributed by atoms with Crippen LogP contribution in [0.4, 0.5) is 4.79 Å². The Balaban J connectivity index is 1.38. The second-order valence-electron chi connectivity index (χ2n) is 12.8. The summed E-state index contributed by atoms with van der Waals surface area (Å²) < 4.78 is 11.4. The number of amides is 3. The Labute approximate surface area is 310 Å². The first-order valence-corrected chi connectivity index (χ1v) is 18.7. The summed E-state index contributed by atoms with van der Waals surface area (Å²) in [6.45, 7) is 8.87.